The van der Waals surface area contributed by atoms with E-state index in [1.54, 1.807) is 7.11 Å². The summed E-state index contributed by atoms with van der Waals surface area (Å²) in [7, 11) is 1.77. The quantitative estimate of drug-likeness (QED) is 0.583. The second-order valence-corrected chi connectivity index (χ2v) is 5.32. The van der Waals surface area contributed by atoms with Gasteiger partial charge >= 0.3 is 0 Å². The molecule has 0 aromatic carbocycles. The molecule has 20 heavy (non-hydrogen) atoms. The summed E-state index contributed by atoms with van der Waals surface area (Å²) in [6.45, 7) is 8.55. The molecule has 2 aliphatic heterocycles. The van der Waals surface area contributed by atoms with Crippen molar-refractivity contribution in [1.29, 1.82) is 0 Å². The highest BCUT2D eigenvalue weighted by molar-refractivity contribution is 5.80. The van der Waals surface area contributed by atoms with Gasteiger partial charge < -0.3 is 24.4 Å². The van der Waals surface area contributed by atoms with Crippen molar-refractivity contribution in [3.05, 3.63) is 0 Å². The Labute approximate surface area is 121 Å². The largest absolute Gasteiger partial charge is 0.384 e. The Kier molecular flexibility index (Phi) is 6.56. The van der Waals surface area contributed by atoms with Gasteiger partial charge in [0.1, 0.15) is 6.10 Å². The van der Waals surface area contributed by atoms with Crippen LogP contribution in [0.4, 0.5) is 0 Å². The van der Waals surface area contributed by atoms with E-state index in [2.05, 4.69) is 17.1 Å². The molecule has 6 heteroatoms. The highest BCUT2D eigenvalue weighted by atomic mass is 16.6. The van der Waals surface area contributed by atoms with Crippen molar-refractivity contribution in [2.45, 2.75) is 19.4 Å². The van der Waals surface area contributed by atoms with Crippen LogP contribution in [0.2, 0.25) is 0 Å². The third-order valence-corrected chi connectivity index (χ3v) is 3.65. The van der Waals surface area contributed by atoms with Crippen LogP contribution < -0.4 is 5.32 Å². The van der Waals surface area contributed by atoms with E-state index in [4.69, 9.17) is 19.2 Å². The molecule has 1 N–H and O–H groups in total. The highest BCUT2D eigenvalue weighted by Gasteiger charge is 2.25. The first-order chi connectivity index (χ1) is 9.83. The third-order valence-electron chi connectivity index (χ3n) is 3.65. The van der Waals surface area contributed by atoms with E-state index < -0.39 is 0 Å². The van der Waals surface area contributed by atoms with Crippen LogP contribution in [0.3, 0.4) is 0 Å². The number of likely N-dealkylation sites (tertiary alicyclic amines) is 1. The van der Waals surface area contributed by atoms with Crippen LogP contribution in [0.15, 0.2) is 4.99 Å². The van der Waals surface area contributed by atoms with Crippen LogP contribution in [0.5, 0.6) is 0 Å². The molecule has 0 radical (unpaired) electrons. The molecule has 2 fully saturated rings. The summed E-state index contributed by atoms with van der Waals surface area (Å²) in [4.78, 5) is 7.02. The maximum atomic E-state index is 5.63. The van der Waals surface area contributed by atoms with Crippen molar-refractivity contribution < 1.29 is 14.2 Å². The molecule has 0 aromatic rings. The molecular formula is C14H27N3O3. The number of nitrogens with zero attached hydrogens (tertiary/aromatic N) is 2. The fourth-order valence-corrected chi connectivity index (χ4v) is 2.65. The first-order valence-corrected chi connectivity index (χ1v) is 7.55. The van der Waals surface area contributed by atoms with Gasteiger partial charge in [0, 0.05) is 32.7 Å². The summed E-state index contributed by atoms with van der Waals surface area (Å²) in [6.07, 6.45) is 1.26. The lowest BCUT2D eigenvalue weighted by Gasteiger charge is -2.24. The number of methoxy groups -OCH3 is 1. The van der Waals surface area contributed by atoms with E-state index in [-0.39, 0.29) is 6.10 Å². The normalized spacial score (nSPS) is 27.9. The van der Waals surface area contributed by atoms with Gasteiger partial charge in [-0.3, -0.25) is 4.99 Å². The Hall–Kier alpha value is -0.850. The van der Waals surface area contributed by atoms with E-state index in [0.29, 0.717) is 32.3 Å². The smallest absolute Gasteiger partial charge is 0.194 e. The molecule has 2 saturated heterocycles. The summed E-state index contributed by atoms with van der Waals surface area (Å²) in [6, 6.07) is 0. The molecule has 0 amide bonds. The number of aliphatic imine (C=N–C) groups is 1. The van der Waals surface area contributed by atoms with Crippen LogP contribution in [0.25, 0.3) is 0 Å². The van der Waals surface area contributed by atoms with Crippen LogP contribution in [0.1, 0.15) is 13.3 Å². The van der Waals surface area contributed by atoms with E-state index in [9.17, 15) is 0 Å². The summed E-state index contributed by atoms with van der Waals surface area (Å²) in [5.74, 6) is 1.60. The summed E-state index contributed by atoms with van der Waals surface area (Å²) in [5, 5.41) is 3.37. The maximum absolute atomic E-state index is 5.63. The van der Waals surface area contributed by atoms with Crippen LogP contribution in [0, 0.1) is 5.92 Å². The Morgan fingerprint density at radius 3 is 3.05 bits per heavy atom. The zero-order chi connectivity index (χ0) is 14.2. The van der Waals surface area contributed by atoms with E-state index in [1.165, 1.54) is 6.42 Å². The molecule has 0 aromatic heterocycles. The van der Waals surface area contributed by atoms with Crippen LogP contribution >= 0.6 is 0 Å². The molecule has 2 unspecified atom stereocenters. The molecule has 0 aliphatic carbocycles. The zero-order valence-corrected chi connectivity index (χ0v) is 12.6. The second-order valence-electron chi connectivity index (χ2n) is 5.32. The molecule has 2 atom stereocenters. The molecule has 116 valence electrons. The van der Waals surface area contributed by atoms with E-state index in [0.717, 1.165) is 32.2 Å². The van der Waals surface area contributed by atoms with Gasteiger partial charge in [-0.1, -0.05) is 0 Å². The standard InChI is InChI=1S/C14H27N3O3/c1-3-15-14(16-8-13-11-19-6-7-20-13)17-5-4-12(9-17)10-18-2/h12-13H,3-11H2,1-2H3,(H,15,16). The number of guanidine groups is 1. The minimum Gasteiger partial charge on any atom is -0.384 e. The van der Waals surface area contributed by atoms with Crippen molar-refractivity contribution in [3.63, 3.8) is 0 Å². The SMILES string of the molecule is CCNC(=NCC1COCCO1)N1CCC(COC)C1. The van der Waals surface area contributed by atoms with Gasteiger partial charge in [0.15, 0.2) is 5.96 Å². The van der Waals surface area contributed by atoms with E-state index in [1.807, 2.05) is 0 Å². The summed E-state index contributed by atoms with van der Waals surface area (Å²) >= 11 is 0. The fraction of sp³-hybridized carbons (Fsp3) is 0.929. The zero-order valence-electron chi connectivity index (χ0n) is 12.6. The van der Waals surface area contributed by atoms with Crippen LogP contribution in [-0.4, -0.2) is 76.7 Å². The topological polar surface area (TPSA) is 55.3 Å². The fourth-order valence-electron chi connectivity index (χ4n) is 2.65. The maximum Gasteiger partial charge on any atom is 0.194 e. The molecule has 6 nitrogen and oxygen atoms in total. The lowest BCUT2D eigenvalue weighted by Crippen LogP contribution is -2.41. The van der Waals surface area contributed by atoms with Gasteiger partial charge in [-0.25, -0.2) is 0 Å². The molecule has 2 aliphatic rings. The van der Waals surface area contributed by atoms with Crippen LogP contribution in [-0.2, 0) is 14.2 Å². The molecule has 2 rings (SSSR count). The van der Waals surface area contributed by atoms with Gasteiger partial charge in [-0.2, -0.15) is 0 Å². The first kappa shape index (κ1) is 15.5. The van der Waals surface area contributed by atoms with Gasteiger partial charge in [-0.05, 0) is 13.3 Å². The Morgan fingerprint density at radius 2 is 2.35 bits per heavy atom. The first-order valence-electron chi connectivity index (χ1n) is 7.55. The third kappa shape index (κ3) is 4.61. The van der Waals surface area contributed by atoms with Gasteiger partial charge in [-0.15, -0.1) is 0 Å². The molecule has 0 spiro atoms. The van der Waals surface area contributed by atoms with E-state index >= 15 is 0 Å². The lowest BCUT2D eigenvalue weighted by molar-refractivity contribution is -0.0833. The number of ether oxygens (including phenoxy) is 3. The Balaban J connectivity index is 1.85. The average molecular weight is 285 g/mol. The number of hydrogen-bond donors (Lipinski definition) is 1. The van der Waals surface area contributed by atoms with Crippen molar-refractivity contribution in [2.24, 2.45) is 10.9 Å². The Bertz CT molecular complexity index is 306. The van der Waals surface area contributed by atoms with Gasteiger partial charge in [0.2, 0.25) is 0 Å². The monoisotopic (exact) mass is 285 g/mol. The molecule has 0 saturated carbocycles. The second kappa shape index (κ2) is 8.44. The van der Waals surface area contributed by atoms with Gasteiger partial charge in [0.05, 0.1) is 33.0 Å². The number of nitrogens with one attached hydrogen (secondary N) is 1. The van der Waals surface area contributed by atoms with Gasteiger partial charge in [0.25, 0.3) is 0 Å². The lowest BCUT2D eigenvalue weighted by atomic mass is 10.1. The molecular weight excluding hydrogens is 258 g/mol. The highest BCUT2D eigenvalue weighted by Crippen LogP contribution is 2.16. The average Bonchev–Trinajstić information content (AvgIpc) is 2.93. The Morgan fingerprint density at radius 1 is 1.45 bits per heavy atom. The number of hydrogen-bond acceptors (Lipinski definition) is 4. The van der Waals surface area contributed by atoms with Crippen molar-refractivity contribution in [1.82, 2.24) is 10.2 Å². The molecule has 2 heterocycles. The van der Waals surface area contributed by atoms with Crippen molar-refractivity contribution >= 4 is 5.96 Å². The minimum atomic E-state index is 0.0924. The predicted molar refractivity (Wildman–Crippen MR) is 78.1 cm³/mol. The van der Waals surface area contributed by atoms with Crippen molar-refractivity contribution in [2.75, 3.05) is 59.7 Å². The predicted octanol–water partition coefficient (Wildman–Crippen LogP) is 0.336. The summed E-state index contributed by atoms with van der Waals surface area (Å²) < 4.78 is 16.3. The summed E-state index contributed by atoms with van der Waals surface area (Å²) in [5.41, 5.74) is 0. The van der Waals surface area contributed by atoms with Crippen molar-refractivity contribution in [3.8, 4) is 0 Å². The molecule has 0 bridgehead atoms. The minimum absolute atomic E-state index is 0.0924. The number of rotatable bonds is 5.